The van der Waals surface area contributed by atoms with Crippen molar-refractivity contribution in [1.82, 2.24) is 5.32 Å². The van der Waals surface area contributed by atoms with Crippen LogP contribution in [0.2, 0.25) is 0 Å². The number of hydrogen-bond acceptors (Lipinski definition) is 7. The number of esters is 1. The maximum absolute atomic E-state index is 12.7. The zero-order chi connectivity index (χ0) is 26.8. The first-order valence-electron chi connectivity index (χ1n) is 13.2. The van der Waals surface area contributed by atoms with E-state index in [1.54, 1.807) is 7.11 Å². The van der Waals surface area contributed by atoms with Crippen molar-refractivity contribution < 1.29 is 28.6 Å². The highest BCUT2D eigenvalue weighted by atomic mass is 16.5. The van der Waals surface area contributed by atoms with E-state index in [9.17, 15) is 14.4 Å². The Morgan fingerprint density at radius 3 is 2.68 bits per heavy atom. The van der Waals surface area contributed by atoms with Crippen molar-refractivity contribution in [3.8, 4) is 11.5 Å². The van der Waals surface area contributed by atoms with Crippen LogP contribution in [0.1, 0.15) is 68.6 Å². The van der Waals surface area contributed by atoms with Crippen LogP contribution in [-0.4, -0.2) is 55.4 Å². The van der Waals surface area contributed by atoms with Gasteiger partial charge in [-0.1, -0.05) is 12.1 Å². The van der Waals surface area contributed by atoms with Crippen LogP contribution < -0.4 is 20.1 Å². The molecular formula is C29H33N3O6. The topological polar surface area (TPSA) is 115 Å². The summed E-state index contributed by atoms with van der Waals surface area (Å²) in [6, 6.07) is 11.1. The van der Waals surface area contributed by atoms with Crippen molar-refractivity contribution in [2.75, 3.05) is 19.0 Å². The van der Waals surface area contributed by atoms with Crippen LogP contribution in [0.4, 0.5) is 5.69 Å². The molecule has 1 aliphatic carbocycles. The van der Waals surface area contributed by atoms with Gasteiger partial charge in [0, 0.05) is 36.1 Å². The SMILES string of the molecule is CCOc1cc2c(cc1OC)C(c1cccc(NC(=O)C3CCC(=O)N3)c1)=NC1CCC(OC(C)=O)CC21. The highest BCUT2D eigenvalue weighted by Crippen LogP contribution is 2.45. The molecular weight excluding hydrogens is 486 g/mol. The van der Waals surface area contributed by atoms with E-state index in [1.165, 1.54) is 6.92 Å². The average molecular weight is 520 g/mol. The molecule has 38 heavy (non-hydrogen) atoms. The molecule has 0 radical (unpaired) electrons. The first-order valence-corrected chi connectivity index (χ1v) is 13.2. The van der Waals surface area contributed by atoms with Gasteiger partial charge in [-0.2, -0.15) is 0 Å². The second-order valence-electron chi connectivity index (χ2n) is 9.95. The maximum atomic E-state index is 12.7. The predicted molar refractivity (Wildman–Crippen MR) is 142 cm³/mol. The van der Waals surface area contributed by atoms with Crippen LogP contribution in [0.15, 0.2) is 41.4 Å². The Balaban J connectivity index is 1.51. The first kappa shape index (κ1) is 25.8. The molecule has 1 saturated carbocycles. The van der Waals surface area contributed by atoms with Gasteiger partial charge >= 0.3 is 5.97 Å². The summed E-state index contributed by atoms with van der Waals surface area (Å²) >= 11 is 0. The van der Waals surface area contributed by atoms with Crippen molar-refractivity contribution in [3.05, 3.63) is 53.1 Å². The molecule has 2 heterocycles. The van der Waals surface area contributed by atoms with Crippen molar-refractivity contribution in [2.45, 2.75) is 70.1 Å². The molecule has 0 spiro atoms. The summed E-state index contributed by atoms with van der Waals surface area (Å²) in [4.78, 5) is 41.1. The number of fused-ring (bicyclic) bond motifs is 3. The van der Waals surface area contributed by atoms with E-state index >= 15 is 0 Å². The van der Waals surface area contributed by atoms with E-state index in [0.29, 0.717) is 43.1 Å². The lowest BCUT2D eigenvalue weighted by molar-refractivity contribution is -0.148. The minimum atomic E-state index is -0.520. The van der Waals surface area contributed by atoms with Crippen molar-refractivity contribution >= 4 is 29.2 Å². The van der Waals surface area contributed by atoms with Gasteiger partial charge in [-0.15, -0.1) is 0 Å². The molecule has 2 amide bonds. The van der Waals surface area contributed by atoms with E-state index in [2.05, 4.69) is 10.6 Å². The minimum absolute atomic E-state index is 0.0270. The van der Waals surface area contributed by atoms with Gasteiger partial charge in [0.1, 0.15) is 12.1 Å². The monoisotopic (exact) mass is 519 g/mol. The number of nitrogens with zero attached hydrogens (tertiary/aromatic N) is 1. The summed E-state index contributed by atoms with van der Waals surface area (Å²) in [5.74, 6) is 0.755. The third kappa shape index (κ3) is 5.23. The molecule has 2 aromatic rings. The van der Waals surface area contributed by atoms with Gasteiger partial charge in [0.2, 0.25) is 11.8 Å². The zero-order valence-electron chi connectivity index (χ0n) is 21.9. The summed E-state index contributed by atoms with van der Waals surface area (Å²) in [7, 11) is 1.61. The molecule has 1 saturated heterocycles. The van der Waals surface area contributed by atoms with Gasteiger partial charge < -0.3 is 24.8 Å². The van der Waals surface area contributed by atoms with Gasteiger partial charge in [-0.05, 0) is 62.4 Å². The molecule has 9 nitrogen and oxygen atoms in total. The van der Waals surface area contributed by atoms with Gasteiger partial charge in [0.25, 0.3) is 0 Å². The van der Waals surface area contributed by atoms with E-state index in [1.807, 2.05) is 43.3 Å². The number of methoxy groups -OCH3 is 1. The van der Waals surface area contributed by atoms with Gasteiger partial charge in [0.15, 0.2) is 11.5 Å². The number of benzene rings is 2. The Morgan fingerprint density at radius 2 is 1.97 bits per heavy atom. The third-order valence-electron chi connectivity index (χ3n) is 7.40. The predicted octanol–water partition coefficient (Wildman–Crippen LogP) is 3.73. The maximum Gasteiger partial charge on any atom is 0.302 e. The fourth-order valence-corrected chi connectivity index (χ4v) is 5.71. The Hall–Kier alpha value is -3.88. The molecule has 0 aromatic heterocycles. The Bertz CT molecular complexity index is 1290. The van der Waals surface area contributed by atoms with Gasteiger partial charge in [-0.3, -0.25) is 19.4 Å². The highest BCUT2D eigenvalue weighted by molar-refractivity contribution is 6.15. The fraction of sp³-hybridized carbons (Fsp3) is 0.448. The minimum Gasteiger partial charge on any atom is -0.493 e. The molecule has 5 rings (SSSR count). The normalized spacial score (nSPS) is 23.9. The van der Waals surface area contributed by atoms with E-state index in [-0.39, 0.29) is 35.8 Å². The summed E-state index contributed by atoms with van der Waals surface area (Å²) in [6.45, 7) is 3.88. The standard InChI is InChI=1S/C29H33N3O6/c1-4-37-26-14-20-21-13-19(38-16(2)33)8-9-23(21)32-28(22(20)15-25(26)36-3)17-6-5-7-18(12-17)30-29(35)24-10-11-27(34)31-24/h5-7,12,14-15,19,21,23-24H,4,8-11,13H2,1-3H3,(H,30,35)(H,31,34). The lowest BCUT2D eigenvalue weighted by Gasteiger charge is -2.38. The van der Waals surface area contributed by atoms with E-state index < -0.39 is 6.04 Å². The number of ether oxygens (including phenoxy) is 3. The molecule has 4 atom stereocenters. The largest absolute Gasteiger partial charge is 0.493 e. The molecule has 200 valence electrons. The molecule has 3 aliphatic rings. The third-order valence-corrected chi connectivity index (χ3v) is 7.40. The number of carbonyl (C=O) groups is 3. The summed E-state index contributed by atoms with van der Waals surface area (Å²) in [5, 5.41) is 5.64. The van der Waals surface area contributed by atoms with Crippen LogP contribution in [0.3, 0.4) is 0 Å². The number of aliphatic imine (C=N–C) groups is 1. The lowest BCUT2D eigenvalue weighted by atomic mass is 9.74. The van der Waals surface area contributed by atoms with Gasteiger partial charge in [0.05, 0.1) is 25.5 Å². The van der Waals surface area contributed by atoms with Crippen LogP contribution >= 0.6 is 0 Å². The summed E-state index contributed by atoms with van der Waals surface area (Å²) in [5.41, 5.74) is 4.34. The zero-order valence-corrected chi connectivity index (χ0v) is 21.9. The van der Waals surface area contributed by atoms with Crippen LogP contribution in [0.25, 0.3) is 0 Å². The number of carbonyl (C=O) groups excluding carboxylic acids is 3. The Labute approximate surface area is 221 Å². The Kier molecular flexibility index (Phi) is 7.35. The molecule has 2 N–H and O–H groups in total. The number of rotatable bonds is 7. The fourth-order valence-electron chi connectivity index (χ4n) is 5.71. The van der Waals surface area contributed by atoms with Crippen LogP contribution in [-0.2, 0) is 19.1 Å². The second kappa shape index (κ2) is 10.8. The van der Waals surface area contributed by atoms with Crippen LogP contribution in [0, 0.1) is 0 Å². The highest BCUT2D eigenvalue weighted by Gasteiger charge is 2.39. The molecule has 0 bridgehead atoms. The number of nitrogens with one attached hydrogen (secondary N) is 2. The quantitative estimate of drug-likeness (QED) is 0.539. The lowest BCUT2D eigenvalue weighted by Crippen LogP contribution is -2.37. The molecule has 4 unspecified atom stereocenters. The van der Waals surface area contributed by atoms with E-state index in [0.717, 1.165) is 35.2 Å². The molecule has 2 aromatic carbocycles. The molecule has 2 fully saturated rings. The first-order chi connectivity index (χ1) is 18.4. The molecule has 9 heteroatoms. The molecule has 2 aliphatic heterocycles. The summed E-state index contributed by atoms with van der Waals surface area (Å²) in [6.07, 6.45) is 2.94. The second-order valence-corrected chi connectivity index (χ2v) is 9.95. The van der Waals surface area contributed by atoms with Crippen molar-refractivity contribution in [2.24, 2.45) is 4.99 Å². The smallest absolute Gasteiger partial charge is 0.302 e. The average Bonchev–Trinajstić information content (AvgIpc) is 3.34. The van der Waals surface area contributed by atoms with Gasteiger partial charge in [-0.25, -0.2) is 0 Å². The van der Waals surface area contributed by atoms with Crippen molar-refractivity contribution in [3.63, 3.8) is 0 Å². The van der Waals surface area contributed by atoms with E-state index in [4.69, 9.17) is 19.2 Å². The van der Waals surface area contributed by atoms with Crippen LogP contribution in [0.5, 0.6) is 11.5 Å². The Morgan fingerprint density at radius 1 is 1.13 bits per heavy atom. The number of anilines is 1. The number of hydrogen-bond donors (Lipinski definition) is 2. The summed E-state index contributed by atoms with van der Waals surface area (Å²) < 4.78 is 17.1. The van der Waals surface area contributed by atoms with Crippen molar-refractivity contribution in [1.29, 1.82) is 0 Å². The number of amides is 2.